The molecule has 2 heterocycles. The number of pyridine rings is 1. The van der Waals surface area contributed by atoms with Crippen LogP contribution in [0.15, 0.2) is 29.4 Å². The van der Waals surface area contributed by atoms with Crippen LogP contribution in [-0.4, -0.2) is 52.5 Å². The molecule has 0 atom stereocenters. The zero-order valence-corrected chi connectivity index (χ0v) is 7.25. The third-order valence-corrected chi connectivity index (χ3v) is 2.42. The van der Waals surface area contributed by atoms with Crippen molar-refractivity contribution in [3.8, 4) is 0 Å². The van der Waals surface area contributed by atoms with E-state index in [1.807, 2.05) is 0 Å². The number of nitrogens with one attached hydrogen (secondary N) is 1. The van der Waals surface area contributed by atoms with Gasteiger partial charge in [0.25, 0.3) is 0 Å². The number of fused-ring (bicyclic) bond motifs is 1. The van der Waals surface area contributed by atoms with Crippen LogP contribution in [0.5, 0.6) is 0 Å². The maximum absolute atomic E-state index is 10.7. The summed E-state index contributed by atoms with van der Waals surface area (Å²) >= 11 is 0. The Bertz CT molecular complexity index is 516. The van der Waals surface area contributed by atoms with Crippen molar-refractivity contribution in [2.45, 2.75) is 5.03 Å². The zero-order valence-electron chi connectivity index (χ0n) is 6.43. The minimum absolute atomic E-state index is 0. The Kier molecular flexibility index (Phi) is 3.33. The first-order chi connectivity index (χ1) is 6.07. The quantitative estimate of drug-likeness (QED) is 0.532. The minimum atomic E-state index is -4.16. The Morgan fingerprint density at radius 1 is 1.43 bits per heavy atom. The number of aromatic amines is 1. The first-order valence-electron chi connectivity index (χ1n) is 3.48. The third kappa shape index (κ3) is 2.15. The molecule has 2 rings (SSSR count). The molecular weight excluding hydrogens is 215 g/mol. The van der Waals surface area contributed by atoms with Crippen LogP contribution in [0.1, 0.15) is 0 Å². The molecule has 0 unspecified atom stereocenters. The summed E-state index contributed by atoms with van der Waals surface area (Å²) in [6, 6.07) is 4.72. The number of H-pyrrole nitrogens is 1. The van der Waals surface area contributed by atoms with E-state index in [1.54, 1.807) is 12.1 Å². The SMILES string of the molecule is O=S(=O)(O)c1cc2cccnc2[nH]1.[NaH]. The number of aromatic nitrogens is 2. The zero-order chi connectivity index (χ0) is 9.47. The molecule has 2 aromatic heterocycles. The molecule has 0 aromatic carbocycles. The summed E-state index contributed by atoms with van der Waals surface area (Å²) in [5.74, 6) is 0. The van der Waals surface area contributed by atoms with Crippen LogP contribution in [0, 0.1) is 0 Å². The standard InChI is InChI=1S/C7H6N2O3S.Na.H/c10-13(11,12)6-4-5-2-1-3-8-7(5)9-6;;/h1-4H,(H,8,9)(H,10,11,12);;. The first-order valence-corrected chi connectivity index (χ1v) is 4.92. The second kappa shape index (κ2) is 4.00. The van der Waals surface area contributed by atoms with Gasteiger partial charge in [-0.1, -0.05) is 0 Å². The van der Waals surface area contributed by atoms with Gasteiger partial charge >= 0.3 is 39.7 Å². The predicted octanol–water partition coefficient (Wildman–Crippen LogP) is 0.161. The van der Waals surface area contributed by atoms with E-state index in [0.717, 1.165) is 0 Å². The van der Waals surface area contributed by atoms with E-state index >= 15 is 0 Å². The fraction of sp³-hybridized carbons (Fsp3) is 0. The van der Waals surface area contributed by atoms with Crippen molar-refractivity contribution in [1.82, 2.24) is 9.97 Å². The van der Waals surface area contributed by atoms with E-state index in [2.05, 4.69) is 9.97 Å². The van der Waals surface area contributed by atoms with Crippen LogP contribution >= 0.6 is 0 Å². The Balaban J connectivity index is 0.000000980. The average molecular weight is 222 g/mol. The van der Waals surface area contributed by atoms with Crippen LogP contribution < -0.4 is 0 Å². The molecule has 0 aliphatic carbocycles. The molecule has 5 nitrogen and oxygen atoms in total. The van der Waals surface area contributed by atoms with Crippen molar-refractivity contribution in [3.63, 3.8) is 0 Å². The summed E-state index contributed by atoms with van der Waals surface area (Å²) in [5.41, 5.74) is 0.440. The number of hydrogen-bond acceptors (Lipinski definition) is 3. The number of rotatable bonds is 1. The summed E-state index contributed by atoms with van der Waals surface area (Å²) in [4.78, 5) is 6.37. The molecule has 2 aromatic rings. The van der Waals surface area contributed by atoms with E-state index in [-0.39, 0.29) is 34.6 Å². The molecule has 0 spiro atoms. The molecule has 14 heavy (non-hydrogen) atoms. The topological polar surface area (TPSA) is 83.1 Å². The molecule has 7 heteroatoms. The van der Waals surface area contributed by atoms with Crippen molar-refractivity contribution in [1.29, 1.82) is 0 Å². The van der Waals surface area contributed by atoms with Gasteiger partial charge in [0.05, 0.1) is 0 Å². The Hall–Kier alpha value is -0.400. The molecule has 0 radical (unpaired) electrons. The molecule has 0 bridgehead atoms. The van der Waals surface area contributed by atoms with Gasteiger partial charge in [-0.25, -0.2) is 4.98 Å². The molecule has 70 valence electrons. The molecule has 0 aliphatic heterocycles. The number of nitrogens with zero attached hydrogens (tertiary/aromatic N) is 1. The van der Waals surface area contributed by atoms with Gasteiger partial charge in [0.2, 0.25) is 0 Å². The van der Waals surface area contributed by atoms with Crippen LogP contribution in [0.4, 0.5) is 0 Å². The normalized spacial score (nSPS) is 11.2. The van der Waals surface area contributed by atoms with Crippen molar-refractivity contribution < 1.29 is 13.0 Å². The van der Waals surface area contributed by atoms with E-state index in [4.69, 9.17) is 4.55 Å². The summed E-state index contributed by atoms with van der Waals surface area (Å²) in [6.45, 7) is 0. The summed E-state index contributed by atoms with van der Waals surface area (Å²) < 4.78 is 30.1. The first kappa shape index (κ1) is 11.7. The molecule has 0 saturated heterocycles. The van der Waals surface area contributed by atoms with Gasteiger partial charge < -0.3 is 4.98 Å². The second-order valence-corrected chi connectivity index (χ2v) is 3.94. The van der Waals surface area contributed by atoms with Gasteiger partial charge in [0.15, 0.2) is 5.03 Å². The maximum atomic E-state index is 10.7. The van der Waals surface area contributed by atoms with Gasteiger partial charge in [-0.05, 0) is 18.2 Å². The van der Waals surface area contributed by atoms with Crippen molar-refractivity contribution >= 4 is 50.7 Å². The second-order valence-electron chi connectivity index (χ2n) is 2.55. The van der Waals surface area contributed by atoms with Gasteiger partial charge in [0.1, 0.15) is 5.65 Å². The third-order valence-electron chi connectivity index (χ3n) is 1.65. The van der Waals surface area contributed by atoms with Gasteiger partial charge in [-0.15, -0.1) is 0 Å². The fourth-order valence-corrected chi connectivity index (χ4v) is 1.57. The summed E-state index contributed by atoms with van der Waals surface area (Å²) in [6.07, 6.45) is 1.53. The monoisotopic (exact) mass is 222 g/mol. The van der Waals surface area contributed by atoms with Crippen molar-refractivity contribution in [2.24, 2.45) is 0 Å². The van der Waals surface area contributed by atoms with Gasteiger partial charge in [-0.2, -0.15) is 8.42 Å². The van der Waals surface area contributed by atoms with Crippen molar-refractivity contribution in [3.05, 3.63) is 24.4 Å². The molecule has 0 amide bonds. The predicted molar refractivity (Wildman–Crippen MR) is 53.1 cm³/mol. The molecular formula is C7H7N2NaO3S. The van der Waals surface area contributed by atoms with E-state index < -0.39 is 10.1 Å². The van der Waals surface area contributed by atoms with E-state index in [0.29, 0.717) is 11.0 Å². The van der Waals surface area contributed by atoms with Crippen LogP contribution in [0.25, 0.3) is 11.0 Å². The number of hydrogen-bond donors (Lipinski definition) is 2. The van der Waals surface area contributed by atoms with Crippen molar-refractivity contribution in [2.75, 3.05) is 0 Å². The van der Waals surface area contributed by atoms with Crippen LogP contribution in [0.2, 0.25) is 0 Å². The molecule has 0 saturated carbocycles. The fourth-order valence-electron chi connectivity index (χ4n) is 1.07. The Labute approximate surface area is 103 Å². The molecule has 0 aliphatic rings. The van der Waals surface area contributed by atoms with E-state index in [9.17, 15) is 8.42 Å². The van der Waals surface area contributed by atoms with Crippen LogP contribution in [0.3, 0.4) is 0 Å². The molecule has 2 N–H and O–H groups in total. The Morgan fingerprint density at radius 3 is 2.71 bits per heavy atom. The Morgan fingerprint density at radius 2 is 2.14 bits per heavy atom. The van der Waals surface area contributed by atoms with Gasteiger partial charge in [-0.3, -0.25) is 4.55 Å². The van der Waals surface area contributed by atoms with Crippen LogP contribution in [-0.2, 0) is 10.1 Å². The summed E-state index contributed by atoms with van der Waals surface area (Å²) in [7, 11) is -4.16. The van der Waals surface area contributed by atoms with Gasteiger partial charge in [0, 0.05) is 11.6 Å². The van der Waals surface area contributed by atoms with E-state index in [1.165, 1.54) is 12.3 Å². The average Bonchev–Trinajstić information content (AvgIpc) is 2.45. The molecule has 0 fully saturated rings. The summed E-state index contributed by atoms with van der Waals surface area (Å²) in [5, 5.41) is 0.413.